The number of anilines is 2. The van der Waals surface area contributed by atoms with Crippen molar-refractivity contribution in [2.45, 2.75) is 24.7 Å². The quantitative estimate of drug-likeness (QED) is 0.558. The van der Waals surface area contributed by atoms with Crippen LogP contribution in [0.4, 0.5) is 24.7 Å². The number of aromatic nitrogens is 2. The van der Waals surface area contributed by atoms with Gasteiger partial charge in [0.25, 0.3) is 5.91 Å². The average Bonchev–Trinajstić information content (AvgIpc) is 3.40. The number of benzene rings is 2. The number of fused-ring (bicyclic) bond motifs is 2. The van der Waals surface area contributed by atoms with Gasteiger partial charge >= 0.3 is 6.18 Å². The highest BCUT2D eigenvalue weighted by molar-refractivity contribution is 6.33. The molecule has 2 atom stereocenters. The summed E-state index contributed by atoms with van der Waals surface area (Å²) in [6, 6.07) is 10.3. The van der Waals surface area contributed by atoms with Crippen LogP contribution >= 0.6 is 11.6 Å². The summed E-state index contributed by atoms with van der Waals surface area (Å²) >= 11 is 6.05. The third kappa shape index (κ3) is 3.70. The van der Waals surface area contributed by atoms with Crippen molar-refractivity contribution < 1.29 is 27.4 Å². The molecule has 3 aromatic rings. The number of nitrogens with zero attached hydrogens (tertiary/aromatic N) is 2. The molecule has 0 radical (unpaired) electrons. The van der Waals surface area contributed by atoms with E-state index in [9.17, 15) is 18.0 Å². The topological polar surface area (TPSA) is 77.4 Å². The van der Waals surface area contributed by atoms with E-state index in [1.165, 1.54) is 6.07 Å². The number of hydrogen-bond donors (Lipinski definition) is 2. The number of carbonyl (C=O) groups is 1. The first-order chi connectivity index (χ1) is 15.3. The van der Waals surface area contributed by atoms with Crippen molar-refractivity contribution in [1.82, 2.24) is 9.78 Å². The van der Waals surface area contributed by atoms with Crippen LogP contribution in [0.3, 0.4) is 0 Å². The molecule has 7 nitrogen and oxygen atoms in total. The maximum Gasteiger partial charge on any atom is 0.410 e. The summed E-state index contributed by atoms with van der Waals surface area (Å²) in [5.74, 6) is 0.445. The maximum absolute atomic E-state index is 13.9. The molecule has 0 saturated heterocycles. The Bertz CT molecular complexity index is 1200. The van der Waals surface area contributed by atoms with Gasteiger partial charge in [-0.2, -0.15) is 18.3 Å². The van der Waals surface area contributed by atoms with Crippen molar-refractivity contribution in [3.63, 3.8) is 0 Å². The molecule has 1 amide bonds. The van der Waals surface area contributed by atoms with E-state index in [1.807, 2.05) is 0 Å². The Morgan fingerprint density at radius 2 is 1.94 bits per heavy atom. The van der Waals surface area contributed by atoms with E-state index in [0.29, 0.717) is 27.8 Å². The van der Waals surface area contributed by atoms with Crippen molar-refractivity contribution in [3.8, 4) is 11.5 Å². The summed E-state index contributed by atoms with van der Waals surface area (Å²) in [5, 5.41) is 9.88. The largest absolute Gasteiger partial charge is 0.454 e. The van der Waals surface area contributed by atoms with Crippen LogP contribution in [-0.4, -0.2) is 28.7 Å². The fourth-order valence-electron chi connectivity index (χ4n) is 3.78. The monoisotopic (exact) mass is 464 g/mol. The highest BCUT2D eigenvalue weighted by atomic mass is 35.5. The minimum Gasteiger partial charge on any atom is -0.454 e. The summed E-state index contributed by atoms with van der Waals surface area (Å²) in [7, 11) is 0. The lowest BCUT2D eigenvalue weighted by Crippen LogP contribution is -2.35. The van der Waals surface area contributed by atoms with E-state index < -0.39 is 24.2 Å². The van der Waals surface area contributed by atoms with Gasteiger partial charge < -0.3 is 20.1 Å². The number of amides is 1. The Kier molecular flexibility index (Phi) is 4.89. The van der Waals surface area contributed by atoms with Gasteiger partial charge in [0.05, 0.1) is 16.8 Å². The predicted octanol–water partition coefficient (Wildman–Crippen LogP) is 5.18. The Hall–Kier alpha value is -3.40. The molecule has 5 rings (SSSR count). The van der Waals surface area contributed by atoms with Crippen LogP contribution < -0.4 is 20.1 Å². The molecule has 166 valence electrons. The van der Waals surface area contributed by atoms with Crippen LogP contribution in [0.15, 0.2) is 48.5 Å². The number of hydrogen-bond acceptors (Lipinski definition) is 5. The normalized spacial score (nSPS) is 19.2. The van der Waals surface area contributed by atoms with Crippen LogP contribution in [0.5, 0.6) is 11.5 Å². The van der Waals surface area contributed by atoms with Gasteiger partial charge in [0.15, 0.2) is 23.2 Å². The van der Waals surface area contributed by atoms with Gasteiger partial charge in [-0.3, -0.25) is 4.79 Å². The summed E-state index contributed by atoms with van der Waals surface area (Å²) in [6.45, 7) is 0.0682. The molecule has 0 saturated carbocycles. The Morgan fingerprint density at radius 3 is 2.72 bits per heavy atom. The van der Waals surface area contributed by atoms with E-state index in [4.69, 9.17) is 21.1 Å². The van der Waals surface area contributed by atoms with E-state index >= 15 is 0 Å². The van der Waals surface area contributed by atoms with E-state index in [1.54, 1.807) is 42.5 Å². The molecule has 0 bridgehead atoms. The first kappa shape index (κ1) is 20.5. The molecule has 2 aliphatic heterocycles. The number of ether oxygens (including phenoxy) is 2. The van der Waals surface area contributed by atoms with E-state index in [2.05, 4.69) is 15.7 Å². The molecular formula is C21H16ClF3N4O3. The summed E-state index contributed by atoms with van der Waals surface area (Å²) in [6.07, 6.45) is -4.86. The van der Waals surface area contributed by atoms with Crippen LogP contribution in [0.2, 0.25) is 5.02 Å². The molecule has 11 heteroatoms. The third-order valence-corrected chi connectivity index (χ3v) is 5.67. The van der Waals surface area contributed by atoms with Gasteiger partial charge in [-0.1, -0.05) is 29.8 Å². The fraction of sp³-hybridized carbons (Fsp3) is 0.238. The minimum atomic E-state index is -4.56. The first-order valence-electron chi connectivity index (χ1n) is 9.68. The van der Waals surface area contributed by atoms with Gasteiger partial charge in [-0.05, 0) is 29.8 Å². The zero-order chi connectivity index (χ0) is 22.5. The van der Waals surface area contributed by atoms with Gasteiger partial charge in [0, 0.05) is 12.5 Å². The van der Waals surface area contributed by atoms with Gasteiger partial charge in [-0.25, -0.2) is 4.68 Å². The third-order valence-electron chi connectivity index (χ3n) is 5.34. The number of para-hydroxylation sites is 1. The number of nitrogens with one attached hydrogen (secondary N) is 2. The second-order valence-electron chi connectivity index (χ2n) is 7.40. The summed E-state index contributed by atoms with van der Waals surface area (Å²) in [5.41, 5.74) is 0.787. The van der Waals surface area contributed by atoms with Crippen LogP contribution in [-0.2, 0) is 0 Å². The molecule has 2 aromatic carbocycles. The lowest BCUT2D eigenvalue weighted by atomic mass is 9.96. The van der Waals surface area contributed by atoms with Crippen molar-refractivity contribution in [2.75, 3.05) is 17.4 Å². The SMILES string of the molecule is O=C(Nc1ccccc1Cl)c1cc2n(n1)C(C(F)(F)F)CC(c1ccc3c(c1)OCO3)N2. The number of rotatable bonds is 3. The molecule has 2 unspecified atom stereocenters. The molecule has 3 heterocycles. The standard InChI is InChI=1S/C21H16ClF3N4O3/c22-12-3-1-2-4-13(12)27-20(30)15-9-19-26-14(8-18(21(23,24)25)29(19)28-15)11-5-6-16-17(7-11)32-10-31-16/h1-7,9,14,18,26H,8,10H2,(H,27,30). The minimum absolute atomic E-state index is 0.0682. The van der Waals surface area contributed by atoms with Gasteiger partial charge in [0.1, 0.15) is 5.82 Å². The lowest BCUT2D eigenvalue weighted by Gasteiger charge is -2.33. The zero-order valence-corrected chi connectivity index (χ0v) is 17.1. The van der Waals surface area contributed by atoms with E-state index in [0.717, 1.165) is 4.68 Å². The zero-order valence-electron chi connectivity index (χ0n) is 16.3. The summed E-state index contributed by atoms with van der Waals surface area (Å²) < 4.78 is 53.1. The highest BCUT2D eigenvalue weighted by Gasteiger charge is 2.47. The van der Waals surface area contributed by atoms with Crippen molar-refractivity contribution in [1.29, 1.82) is 0 Å². The molecule has 0 aliphatic carbocycles. The maximum atomic E-state index is 13.9. The smallest absolute Gasteiger partial charge is 0.410 e. The molecule has 1 aromatic heterocycles. The number of carbonyl (C=O) groups excluding carboxylic acids is 1. The highest BCUT2D eigenvalue weighted by Crippen LogP contribution is 2.45. The number of halogens is 4. The molecule has 2 aliphatic rings. The second kappa shape index (κ2) is 7.63. The molecule has 32 heavy (non-hydrogen) atoms. The first-order valence-corrected chi connectivity index (χ1v) is 10.1. The van der Waals surface area contributed by atoms with Crippen LogP contribution in [0.1, 0.15) is 34.6 Å². The van der Waals surface area contributed by atoms with Crippen LogP contribution in [0, 0.1) is 0 Å². The second-order valence-corrected chi connectivity index (χ2v) is 7.80. The van der Waals surface area contributed by atoms with Crippen molar-refractivity contribution in [3.05, 3.63) is 64.8 Å². The van der Waals surface area contributed by atoms with Crippen molar-refractivity contribution in [2.24, 2.45) is 0 Å². The molecule has 2 N–H and O–H groups in total. The number of alkyl halides is 3. The molecule has 0 fully saturated rings. The Morgan fingerprint density at radius 1 is 1.16 bits per heavy atom. The summed E-state index contributed by atoms with van der Waals surface area (Å²) in [4.78, 5) is 12.6. The molecule has 0 spiro atoms. The van der Waals surface area contributed by atoms with Gasteiger partial charge in [0.2, 0.25) is 6.79 Å². The average molecular weight is 465 g/mol. The Labute approximate surface area is 185 Å². The Balaban J connectivity index is 1.46. The lowest BCUT2D eigenvalue weighted by molar-refractivity contribution is -0.173. The molecular weight excluding hydrogens is 449 g/mol. The van der Waals surface area contributed by atoms with Gasteiger partial charge in [-0.15, -0.1) is 0 Å². The van der Waals surface area contributed by atoms with E-state index in [-0.39, 0.29) is 24.7 Å². The predicted molar refractivity (Wildman–Crippen MR) is 110 cm³/mol. The van der Waals surface area contributed by atoms with Crippen molar-refractivity contribution >= 4 is 29.0 Å². The van der Waals surface area contributed by atoms with Crippen LogP contribution in [0.25, 0.3) is 0 Å². The fourth-order valence-corrected chi connectivity index (χ4v) is 3.96.